The second-order valence-corrected chi connectivity index (χ2v) is 7.76. The molecule has 190 valence electrons. The van der Waals surface area contributed by atoms with Crippen LogP contribution in [0.2, 0.25) is 0 Å². The summed E-state index contributed by atoms with van der Waals surface area (Å²) in [6.07, 6.45) is 5.19. The molecule has 10 heteroatoms. The van der Waals surface area contributed by atoms with Crippen molar-refractivity contribution in [2.24, 2.45) is 7.05 Å². The Morgan fingerprint density at radius 2 is 1.80 bits per heavy atom. The molecule has 0 aliphatic heterocycles. The molecule has 0 saturated carbocycles. The van der Waals surface area contributed by atoms with E-state index in [4.69, 9.17) is 19.9 Å². The standard InChI is InChI=1S/C25H33N3O7/c1-5-8-14-34-19-11-9-17(15-20(19)33-7-3)10-12-21(30)35-16-18(29)22-23(26)28(13-6-2)25(32)27(4)24(22)31/h9-12,15H,5-8,13-14,16,26H2,1-4H3/b12-10+. The van der Waals surface area contributed by atoms with Crippen LogP contribution in [-0.4, -0.2) is 40.7 Å². The molecule has 0 atom stereocenters. The quantitative estimate of drug-likeness (QED) is 0.197. The van der Waals surface area contributed by atoms with Crippen LogP contribution in [-0.2, 0) is 23.1 Å². The molecule has 2 rings (SSSR count). The maximum Gasteiger partial charge on any atom is 0.332 e. The zero-order chi connectivity index (χ0) is 26.0. The van der Waals surface area contributed by atoms with Crippen molar-refractivity contribution in [1.29, 1.82) is 0 Å². The summed E-state index contributed by atoms with van der Waals surface area (Å²) in [5.41, 5.74) is 4.77. The van der Waals surface area contributed by atoms with Crippen LogP contribution in [0.3, 0.4) is 0 Å². The van der Waals surface area contributed by atoms with Crippen molar-refractivity contribution in [1.82, 2.24) is 9.13 Å². The van der Waals surface area contributed by atoms with E-state index in [1.165, 1.54) is 13.1 Å². The van der Waals surface area contributed by atoms with Gasteiger partial charge in [-0.3, -0.25) is 18.7 Å². The second kappa shape index (κ2) is 13.2. The maximum atomic E-state index is 12.6. The molecule has 0 aliphatic carbocycles. The Balaban J connectivity index is 2.11. The summed E-state index contributed by atoms with van der Waals surface area (Å²) in [5, 5.41) is 0. The summed E-state index contributed by atoms with van der Waals surface area (Å²) in [4.78, 5) is 49.5. The van der Waals surface area contributed by atoms with Gasteiger partial charge in [0.25, 0.3) is 5.56 Å². The van der Waals surface area contributed by atoms with E-state index in [0.29, 0.717) is 36.7 Å². The van der Waals surface area contributed by atoms with Gasteiger partial charge < -0.3 is 19.9 Å². The number of unbranched alkanes of at least 4 members (excludes halogenated alkanes) is 1. The van der Waals surface area contributed by atoms with Gasteiger partial charge in [0, 0.05) is 19.7 Å². The van der Waals surface area contributed by atoms with Gasteiger partial charge in [-0.2, -0.15) is 0 Å². The molecule has 2 aromatic rings. The van der Waals surface area contributed by atoms with Crippen LogP contribution in [0, 0.1) is 0 Å². The zero-order valence-corrected chi connectivity index (χ0v) is 20.7. The van der Waals surface area contributed by atoms with Crippen LogP contribution in [0.25, 0.3) is 6.08 Å². The van der Waals surface area contributed by atoms with Gasteiger partial charge in [-0.25, -0.2) is 9.59 Å². The molecule has 0 fully saturated rings. The highest BCUT2D eigenvalue weighted by Crippen LogP contribution is 2.29. The summed E-state index contributed by atoms with van der Waals surface area (Å²) in [7, 11) is 1.26. The van der Waals surface area contributed by atoms with Gasteiger partial charge in [0.05, 0.1) is 13.2 Å². The number of esters is 1. The lowest BCUT2D eigenvalue weighted by atomic mass is 10.2. The van der Waals surface area contributed by atoms with Crippen molar-refractivity contribution in [2.75, 3.05) is 25.6 Å². The largest absolute Gasteiger partial charge is 0.490 e. The third-order valence-corrected chi connectivity index (χ3v) is 5.09. The predicted molar refractivity (Wildman–Crippen MR) is 133 cm³/mol. The second-order valence-electron chi connectivity index (χ2n) is 7.76. The first-order chi connectivity index (χ1) is 16.7. The van der Waals surface area contributed by atoms with Gasteiger partial charge >= 0.3 is 11.7 Å². The van der Waals surface area contributed by atoms with E-state index in [0.717, 1.165) is 28.1 Å². The third kappa shape index (κ3) is 7.08. The normalized spacial score (nSPS) is 11.0. The van der Waals surface area contributed by atoms with E-state index in [1.807, 2.05) is 13.8 Å². The fourth-order valence-corrected chi connectivity index (χ4v) is 3.25. The highest BCUT2D eigenvalue weighted by molar-refractivity contribution is 6.02. The number of carbonyl (C=O) groups is 2. The fourth-order valence-electron chi connectivity index (χ4n) is 3.25. The number of nitrogens with two attached hydrogens (primary N) is 1. The first kappa shape index (κ1) is 27.4. The number of ether oxygens (including phenoxy) is 3. The topological polar surface area (TPSA) is 132 Å². The highest BCUT2D eigenvalue weighted by Gasteiger charge is 2.22. The summed E-state index contributed by atoms with van der Waals surface area (Å²) in [5.74, 6) is -0.628. The minimum absolute atomic E-state index is 0.235. The zero-order valence-electron chi connectivity index (χ0n) is 20.7. The molecular weight excluding hydrogens is 454 g/mol. The number of carbonyl (C=O) groups excluding carboxylic acids is 2. The van der Waals surface area contributed by atoms with Crippen molar-refractivity contribution in [3.05, 3.63) is 56.2 Å². The van der Waals surface area contributed by atoms with Gasteiger partial charge in [0.1, 0.15) is 11.4 Å². The van der Waals surface area contributed by atoms with Crippen molar-refractivity contribution < 1.29 is 23.8 Å². The first-order valence-electron chi connectivity index (χ1n) is 11.6. The molecule has 2 N–H and O–H groups in total. The Labute approximate surface area is 203 Å². The first-order valence-corrected chi connectivity index (χ1v) is 11.6. The molecule has 1 heterocycles. The van der Waals surface area contributed by atoms with Crippen LogP contribution in [0.5, 0.6) is 11.5 Å². The third-order valence-electron chi connectivity index (χ3n) is 5.09. The number of anilines is 1. The van der Waals surface area contributed by atoms with Crippen molar-refractivity contribution >= 4 is 23.6 Å². The lowest BCUT2D eigenvalue weighted by Gasteiger charge is -2.13. The maximum absolute atomic E-state index is 12.6. The van der Waals surface area contributed by atoms with Crippen LogP contribution in [0.15, 0.2) is 33.9 Å². The molecule has 0 amide bonds. The minimum Gasteiger partial charge on any atom is -0.490 e. The molecule has 0 radical (unpaired) electrons. The van der Waals surface area contributed by atoms with Gasteiger partial charge in [0.15, 0.2) is 18.1 Å². The van der Waals surface area contributed by atoms with Crippen LogP contribution >= 0.6 is 0 Å². The molecule has 0 saturated heterocycles. The molecule has 10 nitrogen and oxygen atoms in total. The average molecular weight is 488 g/mol. The van der Waals surface area contributed by atoms with Gasteiger partial charge in [-0.05, 0) is 43.5 Å². The number of nitrogens with zero attached hydrogens (tertiary/aromatic N) is 2. The van der Waals surface area contributed by atoms with Crippen LogP contribution < -0.4 is 26.5 Å². The summed E-state index contributed by atoms with van der Waals surface area (Å²) >= 11 is 0. The SMILES string of the molecule is CCCCOc1ccc(/C=C/C(=O)OCC(=O)c2c(N)n(CCC)c(=O)n(C)c2=O)cc1OCC. The number of benzene rings is 1. The Morgan fingerprint density at radius 3 is 2.46 bits per heavy atom. The summed E-state index contributed by atoms with van der Waals surface area (Å²) < 4.78 is 18.3. The van der Waals surface area contributed by atoms with Crippen LogP contribution in [0.1, 0.15) is 56.0 Å². The van der Waals surface area contributed by atoms with E-state index in [1.54, 1.807) is 18.2 Å². The van der Waals surface area contributed by atoms with E-state index < -0.39 is 29.6 Å². The molecule has 35 heavy (non-hydrogen) atoms. The molecule has 0 aliphatic rings. The highest BCUT2D eigenvalue weighted by atomic mass is 16.5. The average Bonchev–Trinajstić information content (AvgIpc) is 2.84. The van der Waals surface area contributed by atoms with Crippen molar-refractivity contribution in [2.45, 2.75) is 46.6 Å². The molecule has 0 spiro atoms. The van der Waals surface area contributed by atoms with Crippen LogP contribution in [0.4, 0.5) is 5.82 Å². The molecule has 1 aromatic carbocycles. The van der Waals surface area contributed by atoms with E-state index in [-0.39, 0.29) is 17.9 Å². The van der Waals surface area contributed by atoms with Gasteiger partial charge in [-0.15, -0.1) is 0 Å². The smallest absolute Gasteiger partial charge is 0.332 e. The molecule has 0 bridgehead atoms. The summed E-state index contributed by atoms with van der Waals surface area (Å²) in [6.45, 7) is 6.35. The van der Waals surface area contributed by atoms with Gasteiger partial charge in [-0.1, -0.05) is 26.3 Å². The molecular formula is C25H33N3O7. The molecule has 1 aromatic heterocycles. The van der Waals surface area contributed by atoms with E-state index in [2.05, 4.69) is 6.92 Å². The lowest BCUT2D eigenvalue weighted by molar-refractivity contribution is -0.136. The molecule has 0 unspecified atom stereocenters. The Morgan fingerprint density at radius 1 is 1.06 bits per heavy atom. The fraction of sp³-hybridized carbons (Fsp3) is 0.440. The van der Waals surface area contributed by atoms with Crippen molar-refractivity contribution in [3.63, 3.8) is 0 Å². The number of ketones is 1. The monoisotopic (exact) mass is 487 g/mol. The Bertz CT molecular complexity index is 1190. The van der Waals surface area contributed by atoms with Crippen molar-refractivity contribution in [3.8, 4) is 11.5 Å². The van der Waals surface area contributed by atoms with Gasteiger partial charge in [0.2, 0.25) is 5.78 Å². The summed E-state index contributed by atoms with van der Waals surface area (Å²) in [6, 6.07) is 5.26. The number of aromatic nitrogens is 2. The number of nitrogen functional groups attached to an aromatic ring is 1. The Kier molecular flexibility index (Phi) is 10.3. The van der Waals surface area contributed by atoms with E-state index >= 15 is 0 Å². The predicted octanol–water partition coefficient (Wildman–Crippen LogP) is 2.56. The van der Waals surface area contributed by atoms with E-state index in [9.17, 15) is 19.2 Å². The number of hydrogen-bond donors (Lipinski definition) is 1. The Hall–Kier alpha value is -3.82. The number of rotatable bonds is 13. The lowest BCUT2D eigenvalue weighted by Crippen LogP contribution is -2.43. The number of hydrogen-bond acceptors (Lipinski definition) is 8. The number of Topliss-reactive ketones (excluding diaryl/α,β-unsaturated/α-hetero) is 1. The minimum atomic E-state index is -0.832.